The van der Waals surface area contributed by atoms with E-state index in [0.717, 1.165) is 5.56 Å². The van der Waals surface area contributed by atoms with Gasteiger partial charge in [0.05, 0.1) is 29.6 Å². The second kappa shape index (κ2) is 12.6. The van der Waals surface area contributed by atoms with Crippen LogP contribution in [0.2, 0.25) is 5.02 Å². The molecule has 0 unspecified atom stereocenters. The second-order valence-corrected chi connectivity index (χ2v) is 11.6. The minimum atomic E-state index is -0.625. The van der Waals surface area contributed by atoms with E-state index in [2.05, 4.69) is 31.5 Å². The van der Waals surface area contributed by atoms with Crippen LogP contribution in [0.15, 0.2) is 59.2 Å². The van der Waals surface area contributed by atoms with Crippen molar-refractivity contribution in [3.63, 3.8) is 0 Å². The Hall–Kier alpha value is -3.76. The average Bonchev–Trinajstić information content (AvgIpc) is 2.97. The van der Waals surface area contributed by atoms with Crippen LogP contribution in [0.25, 0.3) is 16.8 Å². The first-order valence-electron chi connectivity index (χ1n) is 13.6. The Balaban J connectivity index is 1.52. The molecular formula is C31H29BrClFN4O4. The molecule has 2 N–H and O–H groups in total. The van der Waals surface area contributed by atoms with Crippen molar-refractivity contribution in [2.45, 2.75) is 38.6 Å². The van der Waals surface area contributed by atoms with E-state index in [1.807, 2.05) is 19.1 Å². The first-order valence-corrected chi connectivity index (χ1v) is 14.7. The fourth-order valence-electron chi connectivity index (χ4n) is 5.41. The van der Waals surface area contributed by atoms with Crippen LogP contribution in [-0.4, -0.2) is 41.4 Å². The number of pyridine rings is 1. The average molecular weight is 656 g/mol. The van der Waals surface area contributed by atoms with E-state index in [1.165, 1.54) is 19.3 Å². The van der Waals surface area contributed by atoms with Crippen LogP contribution in [0.4, 0.5) is 20.6 Å². The molecule has 2 atom stereocenters. The van der Waals surface area contributed by atoms with Crippen molar-refractivity contribution in [1.82, 2.24) is 9.88 Å². The zero-order valence-electron chi connectivity index (χ0n) is 23.0. The molecule has 0 saturated heterocycles. The highest BCUT2D eigenvalue weighted by Crippen LogP contribution is 2.39. The molecule has 1 aromatic heterocycles. The molecule has 2 aliphatic heterocycles. The highest BCUT2D eigenvalue weighted by Gasteiger charge is 2.30. The molecular weight excluding hydrogens is 627 g/mol. The topological polar surface area (TPSA) is 101 Å². The summed E-state index contributed by atoms with van der Waals surface area (Å²) < 4.78 is 20.2. The van der Waals surface area contributed by atoms with Crippen LogP contribution in [0.5, 0.6) is 0 Å². The summed E-state index contributed by atoms with van der Waals surface area (Å²) in [6.07, 6.45) is 4.95. The fourth-order valence-corrected chi connectivity index (χ4v) is 6.13. The van der Waals surface area contributed by atoms with Crippen molar-refractivity contribution in [3.8, 4) is 11.3 Å². The van der Waals surface area contributed by atoms with Gasteiger partial charge in [-0.25, -0.2) is 9.18 Å². The monoisotopic (exact) mass is 654 g/mol. The zero-order valence-corrected chi connectivity index (χ0v) is 25.4. The van der Waals surface area contributed by atoms with Crippen molar-refractivity contribution < 1.29 is 23.5 Å². The Morgan fingerprint density at radius 3 is 2.76 bits per heavy atom. The lowest BCUT2D eigenvalue weighted by Gasteiger charge is -2.35. The van der Waals surface area contributed by atoms with Gasteiger partial charge < -0.3 is 15.0 Å². The lowest BCUT2D eigenvalue weighted by molar-refractivity contribution is -0.129. The van der Waals surface area contributed by atoms with Crippen molar-refractivity contribution >= 4 is 62.4 Å². The molecule has 0 fully saturated rings. The van der Waals surface area contributed by atoms with E-state index in [1.54, 1.807) is 35.4 Å². The molecule has 0 aliphatic carbocycles. The summed E-state index contributed by atoms with van der Waals surface area (Å²) in [5, 5.41) is 5.62. The second-order valence-electron chi connectivity index (χ2n) is 10.4. The molecule has 3 heterocycles. The van der Waals surface area contributed by atoms with Gasteiger partial charge in [0.15, 0.2) is 0 Å². The lowest BCUT2D eigenvalue weighted by atomic mass is 9.91. The molecule has 2 aromatic carbocycles. The summed E-state index contributed by atoms with van der Waals surface area (Å²) in [5.41, 5.74) is 4.02. The van der Waals surface area contributed by atoms with Gasteiger partial charge >= 0.3 is 6.09 Å². The van der Waals surface area contributed by atoms with Gasteiger partial charge in [-0.1, -0.05) is 40.9 Å². The summed E-state index contributed by atoms with van der Waals surface area (Å²) in [5.74, 6) is -1.23. The SMILES string of the molecule is COC(=O)Nc1ccc2c(c1)NC(=O)[C@H](C)CCC[C@H](N1CCC(c3c(Br)ccc(Cl)c3F)=CC1=O)c1ccnc-2c1. The molecule has 8 nitrogen and oxygen atoms in total. The molecule has 218 valence electrons. The van der Waals surface area contributed by atoms with Gasteiger partial charge in [0.1, 0.15) is 5.82 Å². The number of ether oxygens (including phenoxy) is 1. The van der Waals surface area contributed by atoms with E-state index in [-0.39, 0.29) is 28.8 Å². The molecule has 0 spiro atoms. The Labute approximate surface area is 256 Å². The Morgan fingerprint density at radius 1 is 1.19 bits per heavy atom. The third-order valence-corrected chi connectivity index (χ3v) is 8.61. The molecule has 42 heavy (non-hydrogen) atoms. The van der Waals surface area contributed by atoms with Crippen LogP contribution >= 0.6 is 27.5 Å². The number of fused-ring (bicyclic) bond motifs is 4. The number of benzene rings is 2. The minimum Gasteiger partial charge on any atom is -0.453 e. The molecule has 0 radical (unpaired) electrons. The molecule has 3 aromatic rings. The van der Waals surface area contributed by atoms with Crippen LogP contribution in [0, 0.1) is 11.7 Å². The molecule has 11 heteroatoms. The maximum Gasteiger partial charge on any atom is 0.411 e. The van der Waals surface area contributed by atoms with E-state index < -0.39 is 11.9 Å². The number of amides is 3. The van der Waals surface area contributed by atoms with Gasteiger partial charge in [-0.15, -0.1) is 0 Å². The van der Waals surface area contributed by atoms with Gasteiger partial charge in [-0.3, -0.25) is 19.9 Å². The summed E-state index contributed by atoms with van der Waals surface area (Å²) in [7, 11) is 1.27. The predicted molar refractivity (Wildman–Crippen MR) is 164 cm³/mol. The van der Waals surface area contributed by atoms with Crippen LogP contribution in [0.1, 0.15) is 49.8 Å². The predicted octanol–water partition coefficient (Wildman–Crippen LogP) is 7.60. The number of hydrogen-bond acceptors (Lipinski definition) is 5. The maximum atomic E-state index is 14.9. The normalized spacial score (nSPS) is 19.1. The molecule has 2 aliphatic rings. The van der Waals surface area contributed by atoms with Gasteiger partial charge in [0.2, 0.25) is 11.8 Å². The Morgan fingerprint density at radius 2 is 2.00 bits per heavy atom. The number of aromatic nitrogens is 1. The summed E-state index contributed by atoms with van der Waals surface area (Å²) in [4.78, 5) is 44.9. The first kappa shape index (κ1) is 29.7. The quantitative estimate of drug-likeness (QED) is 0.283. The maximum absolute atomic E-state index is 14.9. The standard InChI is InChI=1S/C31H29BrClFN4O4/c1-17-4-3-5-26(38-13-11-19(15-27(38)39)28-22(32)8-9-23(33)29(28)34)18-10-12-35-24(14-18)21-7-6-20(36-31(41)42-2)16-25(21)37-30(17)40/h6-10,12,14-17,26H,3-5,11,13H2,1-2H3,(H,36,41)(H,37,40)/t17-,26+/m1/s1. The number of carbonyl (C=O) groups is 3. The number of rotatable bonds is 3. The number of nitrogens with one attached hydrogen (secondary N) is 2. The van der Waals surface area contributed by atoms with E-state index >= 15 is 0 Å². The largest absolute Gasteiger partial charge is 0.453 e. The van der Waals surface area contributed by atoms with Crippen molar-refractivity contribution in [2.24, 2.45) is 5.92 Å². The third-order valence-electron chi connectivity index (χ3n) is 7.66. The fraction of sp³-hybridized carbons (Fsp3) is 0.290. The smallest absolute Gasteiger partial charge is 0.411 e. The summed E-state index contributed by atoms with van der Waals surface area (Å²) in [6, 6.07) is 11.8. The lowest BCUT2D eigenvalue weighted by Crippen LogP contribution is -2.37. The van der Waals surface area contributed by atoms with E-state index in [9.17, 15) is 18.8 Å². The van der Waals surface area contributed by atoms with Crippen molar-refractivity contribution in [3.05, 3.63) is 81.2 Å². The number of anilines is 2. The highest BCUT2D eigenvalue weighted by molar-refractivity contribution is 9.10. The summed E-state index contributed by atoms with van der Waals surface area (Å²) >= 11 is 9.44. The number of hydrogen-bond donors (Lipinski definition) is 2. The van der Waals surface area contributed by atoms with Gasteiger partial charge in [0, 0.05) is 46.0 Å². The third kappa shape index (κ3) is 6.19. The number of nitrogens with zero attached hydrogens (tertiary/aromatic N) is 2. The van der Waals surface area contributed by atoms with Crippen LogP contribution < -0.4 is 10.6 Å². The molecule has 3 amide bonds. The zero-order chi connectivity index (χ0) is 30.0. The number of carbonyl (C=O) groups excluding carboxylic acids is 3. The molecule has 5 rings (SSSR count). The molecule has 0 saturated carbocycles. The first-order chi connectivity index (χ1) is 20.2. The van der Waals surface area contributed by atoms with Crippen LogP contribution in [0.3, 0.4) is 0 Å². The van der Waals surface area contributed by atoms with Crippen molar-refractivity contribution in [2.75, 3.05) is 24.3 Å². The number of halogens is 3. The molecule has 2 bridgehead atoms. The van der Waals surface area contributed by atoms with E-state index in [0.29, 0.717) is 70.5 Å². The van der Waals surface area contributed by atoms with Crippen molar-refractivity contribution in [1.29, 1.82) is 0 Å². The minimum absolute atomic E-state index is 0.000698. The highest BCUT2D eigenvalue weighted by atomic mass is 79.9. The van der Waals surface area contributed by atoms with Gasteiger partial charge in [0.25, 0.3) is 0 Å². The van der Waals surface area contributed by atoms with E-state index in [4.69, 9.17) is 16.3 Å². The van der Waals surface area contributed by atoms with Gasteiger partial charge in [-0.05, 0) is 72.9 Å². The summed E-state index contributed by atoms with van der Waals surface area (Å²) in [6.45, 7) is 2.25. The van der Waals surface area contributed by atoms with Gasteiger partial charge in [-0.2, -0.15) is 0 Å². The Kier molecular flexibility index (Phi) is 8.93. The Bertz CT molecular complexity index is 1600. The number of methoxy groups -OCH3 is 1. The van der Waals surface area contributed by atoms with Crippen LogP contribution in [-0.2, 0) is 14.3 Å².